The third-order valence-corrected chi connectivity index (χ3v) is 4.89. The summed E-state index contributed by atoms with van der Waals surface area (Å²) in [4.78, 5) is 28.9. The second-order valence-corrected chi connectivity index (χ2v) is 6.41. The molecule has 1 saturated heterocycles. The first-order valence-corrected chi connectivity index (χ1v) is 8.52. The Kier molecular flexibility index (Phi) is 4.96. The van der Waals surface area contributed by atoms with Crippen molar-refractivity contribution in [2.45, 2.75) is 19.9 Å². The fraction of sp³-hybridized carbons (Fsp3) is 0.556. The molecule has 23 heavy (non-hydrogen) atoms. The normalized spacial score (nSPS) is 24.3. The van der Waals surface area contributed by atoms with Gasteiger partial charge in [-0.2, -0.15) is 0 Å². The number of carbonyl (C=O) groups excluding carboxylic acids is 2. The van der Waals surface area contributed by atoms with Gasteiger partial charge in [0.15, 0.2) is 0 Å². The fourth-order valence-electron chi connectivity index (χ4n) is 3.19. The van der Waals surface area contributed by atoms with Crippen LogP contribution in [0.3, 0.4) is 0 Å². The predicted octanol–water partition coefficient (Wildman–Crippen LogP) is 1.10. The Hall–Kier alpha value is -1.88. The molecule has 1 saturated carbocycles. The summed E-state index contributed by atoms with van der Waals surface area (Å²) < 4.78 is 0. The lowest BCUT2D eigenvalue weighted by Crippen LogP contribution is -2.49. The van der Waals surface area contributed by atoms with Gasteiger partial charge in [-0.15, -0.1) is 0 Å². The molecule has 0 bridgehead atoms. The van der Waals surface area contributed by atoms with E-state index in [2.05, 4.69) is 17.1 Å². The second-order valence-electron chi connectivity index (χ2n) is 6.41. The van der Waals surface area contributed by atoms with E-state index in [-0.39, 0.29) is 23.7 Å². The first-order valence-electron chi connectivity index (χ1n) is 8.52. The molecule has 3 rings (SSSR count). The molecule has 5 nitrogen and oxygen atoms in total. The third-order valence-electron chi connectivity index (χ3n) is 4.89. The molecule has 0 radical (unpaired) electrons. The molecule has 2 amide bonds. The second kappa shape index (κ2) is 7.13. The molecule has 2 aliphatic rings. The first-order chi connectivity index (χ1) is 11.2. The zero-order valence-electron chi connectivity index (χ0n) is 13.7. The van der Waals surface area contributed by atoms with E-state index >= 15 is 0 Å². The number of piperazine rings is 1. The molecule has 1 aromatic carbocycles. The van der Waals surface area contributed by atoms with Crippen LogP contribution < -0.4 is 5.32 Å². The molecule has 0 aromatic heterocycles. The maximum Gasteiger partial charge on any atom is 0.226 e. The van der Waals surface area contributed by atoms with Gasteiger partial charge >= 0.3 is 0 Å². The average Bonchev–Trinajstić information content (AvgIpc) is 3.41. The SMILES string of the molecule is CCN1CCN(C(=O)C2CC2C(=O)NCc2ccccc2)CC1. The van der Waals surface area contributed by atoms with Crippen LogP contribution in [-0.2, 0) is 16.1 Å². The molecule has 1 aliphatic heterocycles. The highest BCUT2D eigenvalue weighted by Crippen LogP contribution is 2.40. The summed E-state index contributed by atoms with van der Waals surface area (Å²) in [6.07, 6.45) is 0.702. The molecule has 5 heteroatoms. The van der Waals surface area contributed by atoms with E-state index in [0.717, 1.165) is 38.3 Å². The molecule has 1 aromatic rings. The lowest BCUT2D eigenvalue weighted by atomic mass is 10.2. The van der Waals surface area contributed by atoms with Gasteiger partial charge in [-0.05, 0) is 18.5 Å². The van der Waals surface area contributed by atoms with Gasteiger partial charge < -0.3 is 15.1 Å². The average molecular weight is 315 g/mol. The highest BCUT2D eigenvalue weighted by molar-refractivity contribution is 5.92. The zero-order valence-corrected chi connectivity index (χ0v) is 13.7. The van der Waals surface area contributed by atoms with Gasteiger partial charge in [0.1, 0.15) is 0 Å². The number of hydrogen-bond acceptors (Lipinski definition) is 3. The summed E-state index contributed by atoms with van der Waals surface area (Å²) in [5.41, 5.74) is 1.08. The quantitative estimate of drug-likeness (QED) is 0.885. The summed E-state index contributed by atoms with van der Waals surface area (Å²) >= 11 is 0. The maximum atomic E-state index is 12.5. The van der Waals surface area contributed by atoms with Gasteiger partial charge in [0.25, 0.3) is 0 Å². The number of amides is 2. The summed E-state index contributed by atoms with van der Waals surface area (Å²) in [5.74, 6) is -0.0469. The molecule has 2 unspecified atom stereocenters. The summed E-state index contributed by atoms with van der Waals surface area (Å²) in [6.45, 7) is 7.19. The van der Waals surface area contributed by atoms with Crippen molar-refractivity contribution in [2.75, 3.05) is 32.7 Å². The molecule has 2 atom stereocenters. The molecule has 1 heterocycles. The number of likely N-dealkylation sites (N-methyl/N-ethyl adjacent to an activating group) is 1. The van der Waals surface area contributed by atoms with Crippen LogP contribution in [0.5, 0.6) is 0 Å². The van der Waals surface area contributed by atoms with Crippen molar-refractivity contribution in [3.8, 4) is 0 Å². The van der Waals surface area contributed by atoms with E-state index in [1.807, 2.05) is 35.2 Å². The van der Waals surface area contributed by atoms with Crippen molar-refractivity contribution >= 4 is 11.8 Å². The van der Waals surface area contributed by atoms with Gasteiger partial charge in [0.05, 0.1) is 11.8 Å². The lowest BCUT2D eigenvalue weighted by Gasteiger charge is -2.34. The summed E-state index contributed by atoms with van der Waals surface area (Å²) in [7, 11) is 0. The van der Waals surface area contributed by atoms with Crippen molar-refractivity contribution in [3.63, 3.8) is 0 Å². The largest absolute Gasteiger partial charge is 0.352 e. The first kappa shape index (κ1) is 16.0. The number of nitrogens with zero attached hydrogens (tertiary/aromatic N) is 2. The number of benzene rings is 1. The Morgan fingerprint density at radius 2 is 1.78 bits per heavy atom. The van der Waals surface area contributed by atoms with Gasteiger partial charge in [-0.25, -0.2) is 0 Å². The molecular weight excluding hydrogens is 290 g/mol. The van der Waals surface area contributed by atoms with Crippen molar-refractivity contribution in [2.24, 2.45) is 11.8 Å². The van der Waals surface area contributed by atoms with Crippen molar-refractivity contribution in [1.82, 2.24) is 15.1 Å². The highest BCUT2D eigenvalue weighted by Gasteiger charge is 2.49. The van der Waals surface area contributed by atoms with Gasteiger partial charge in [0.2, 0.25) is 11.8 Å². The minimum Gasteiger partial charge on any atom is -0.352 e. The van der Waals surface area contributed by atoms with Crippen LogP contribution in [0, 0.1) is 11.8 Å². The number of hydrogen-bond donors (Lipinski definition) is 1. The van der Waals surface area contributed by atoms with Crippen LogP contribution in [0.2, 0.25) is 0 Å². The topological polar surface area (TPSA) is 52.7 Å². The van der Waals surface area contributed by atoms with E-state index in [1.165, 1.54) is 0 Å². The van der Waals surface area contributed by atoms with Gasteiger partial charge in [-0.3, -0.25) is 9.59 Å². The molecule has 2 fully saturated rings. The number of nitrogens with one attached hydrogen (secondary N) is 1. The monoisotopic (exact) mass is 315 g/mol. The Morgan fingerprint density at radius 3 is 2.43 bits per heavy atom. The minimum atomic E-state index is -0.129. The standard InChI is InChI=1S/C18H25N3O2/c1-2-20-8-10-21(11-9-20)18(23)16-12-15(16)17(22)19-13-14-6-4-3-5-7-14/h3-7,15-16H,2,8-13H2,1H3,(H,19,22). The van der Waals surface area contributed by atoms with Crippen molar-refractivity contribution in [1.29, 1.82) is 0 Å². The van der Waals surface area contributed by atoms with E-state index in [4.69, 9.17) is 0 Å². The van der Waals surface area contributed by atoms with Crippen LogP contribution >= 0.6 is 0 Å². The smallest absolute Gasteiger partial charge is 0.226 e. The molecule has 124 valence electrons. The van der Waals surface area contributed by atoms with Gasteiger partial charge in [0, 0.05) is 32.7 Å². The van der Waals surface area contributed by atoms with Crippen molar-refractivity contribution < 1.29 is 9.59 Å². The Labute approximate surface area is 137 Å². The van der Waals surface area contributed by atoms with E-state index in [1.54, 1.807) is 0 Å². The number of carbonyl (C=O) groups is 2. The van der Waals surface area contributed by atoms with Crippen LogP contribution in [-0.4, -0.2) is 54.3 Å². The highest BCUT2D eigenvalue weighted by atomic mass is 16.2. The molecule has 0 spiro atoms. The minimum absolute atomic E-state index is 0.0133. The van der Waals surface area contributed by atoms with Crippen LogP contribution in [0.4, 0.5) is 0 Å². The molecule has 1 aliphatic carbocycles. The van der Waals surface area contributed by atoms with Crippen LogP contribution in [0.25, 0.3) is 0 Å². The maximum absolute atomic E-state index is 12.5. The lowest BCUT2D eigenvalue weighted by molar-refractivity contribution is -0.136. The Bertz CT molecular complexity index is 553. The Balaban J connectivity index is 1.43. The molecular formula is C18H25N3O2. The zero-order chi connectivity index (χ0) is 16.2. The van der Waals surface area contributed by atoms with Crippen molar-refractivity contribution in [3.05, 3.63) is 35.9 Å². The Morgan fingerprint density at radius 1 is 1.09 bits per heavy atom. The van der Waals surface area contributed by atoms with Crippen LogP contribution in [0.1, 0.15) is 18.9 Å². The van der Waals surface area contributed by atoms with E-state index < -0.39 is 0 Å². The summed E-state index contributed by atoms with van der Waals surface area (Å²) in [6, 6.07) is 9.85. The fourth-order valence-corrected chi connectivity index (χ4v) is 3.19. The predicted molar refractivity (Wildman–Crippen MR) is 88.6 cm³/mol. The van der Waals surface area contributed by atoms with Gasteiger partial charge in [-0.1, -0.05) is 37.3 Å². The number of rotatable bonds is 5. The summed E-state index contributed by atoms with van der Waals surface area (Å²) in [5, 5.41) is 2.95. The van der Waals surface area contributed by atoms with E-state index in [0.29, 0.717) is 13.0 Å². The molecule has 1 N–H and O–H groups in total. The van der Waals surface area contributed by atoms with Crippen LogP contribution in [0.15, 0.2) is 30.3 Å². The van der Waals surface area contributed by atoms with E-state index in [9.17, 15) is 9.59 Å². The third kappa shape index (κ3) is 3.91.